The number of halogens is 1. The molecule has 0 aromatic carbocycles. The van der Waals surface area contributed by atoms with E-state index in [-0.39, 0.29) is 23.3 Å². The van der Waals surface area contributed by atoms with E-state index in [0.29, 0.717) is 23.7 Å². The van der Waals surface area contributed by atoms with Crippen molar-refractivity contribution >= 4 is 23.1 Å². The Hall–Kier alpha value is -3.72. The Morgan fingerprint density at radius 1 is 1.15 bits per heavy atom. The molecule has 0 bridgehead atoms. The molecule has 1 atom stereocenters. The highest BCUT2D eigenvalue weighted by Crippen LogP contribution is 2.28. The van der Waals surface area contributed by atoms with Crippen molar-refractivity contribution in [1.29, 1.82) is 0 Å². The van der Waals surface area contributed by atoms with Gasteiger partial charge in [-0.15, -0.1) is 0 Å². The van der Waals surface area contributed by atoms with Crippen LogP contribution in [-0.4, -0.2) is 43.4 Å². The summed E-state index contributed by atoms with van der Waals surface area (Å²) in [5.74, 6) is 0.634. The van der Waals surface area contributed by atoms with Gasteiger partial charge in [0.15, 0.2) is 5.82 Å². The largest absolute Gasteiger partial charge is 0.316 e. The first-order valence-corrected chi connectivity index (χ1v) is 11.5. The van der Waals surface area contributed by atoms with Gasteiger partial charge < -0.3 is 10.6 Å². The number of nitrogens with one attached hydrogen (secondary N) is 2. The minimum Gasteiger partial charge on any atom is -0.316 e. The zero-order chi connectivity index (χ0) is 23.7. The van der Waals surface area contributed by atoms with E-state index in [1.165, 1.54) is 0 Å². The van der Waals surface area contributed by atoms with Gasteiger partial charge in [0.2, 0.25) is 5.95 Å². The van der Waals surface area contributed by atoms with Crippen molar-refractivity contribution in [2.75, 3.05) is 18.4 Å². The van der Waals surface area contributed by atoms with Gasteiger partial charge in [-0.2, -0.15) is 5.10 Å². The van der Waals surface area contributed by atoms with Crippen molar-refractivity contribution in [3.05, 3.63) is 66.0 Å². The molecule has 0 radical (unpaired) electrons. The van der Waals surface area contributed by atoms with E-state index in [9.17, 15) is 9.18 Å². The molecule has 1 aliphatic heterocycles. The summed E-state index contributed by atoms with van der Waals surface area (Å²) in [4.78, 5) is 25.3. The van der Waals surface area contributed by atoms with Crippen molar-refractivity contribution in [2.45, 2.75) is 38.5 Å². The molecular formula is C25H26FN7O. The smallest absolute Gasteiger partial charge is 0.229 e. The standard InChI is InChI=1S/C25H26FN7O/c1-15(2)19-13-30-33-10-7-16(11-21(19)33)24-20(26)14-29-25(32-24)31-23-4-3-17(12-28-23)18-5-8-27-9-6-22(18)34/h3-4,7,10-15,18,27H,5-6,8-9H2,1-2H3,(H,28,29,31,32). The maximum absolute atomic E-state index is 14.7. The first-order valence-electron chi connectivity index (χ1n) is 11.5. The number of aromatic nitrogens is 5. The van der Waals surface area contributed by atoms with Crippen LogP contribution in [0.2, 0.25) is 0 Å². The van der Waals surface area contributed by atoms with E-state index in [1.807, 2.05) is 18.3 Å². The van der Waals surface area contributed by atoms with Crippen molar-refractivity contribution in [2.24, 2.45) is 0 Å². The molecule has 1 saturated heterocycles. The van der Waals surface area contributed by atoms with Crippen LogP contribution in [0.15, 0.2) is 49.1 Å². The van der Waals surface area contributed by atoms with Gasteiger partial charge in [-0.05, 0) is 42.6 Å². The van der Waals surface area contributed by atoms with E-state index in [2.05, 4.69) is 44.5 Å². The number of nitrogens with zero attached hydrogens (tertiary/aromatic N) is 5. The summed E-state index contributed by atoms with van der Waals surface area (Å²) in [5.41, 5.74) is 3.74. The van der Waals surface area contributed by atoms with Crippen LogP contribution in [0.1, 0.15) is 49.7 Å². The molecule has 5 heterocycles. The van der Waals surface area contributed by atoms with Gasteiger partial charge in [-0.3, -0.25) is 4.79 Å². The Bertz CT molecular complexity index is 1330. The molecule has 174 valence electrons. The lowest BCUT2D eigenvalue weighted by atomic mass is 9.92. The minimum atomic E-state index is -0.510. The van der Waals surface area contributed by atoms with Gasteiger partial charge >= 0.3 is 0 Å². The predicted octanol–water partition coefficient (Wildman–Crippen LogP) is 4.23. The molecular weight excluding hydrogens is 433 g/mol. The third-order valence-corrected chi connectivity index (χ3v) is 6.17. The molecule has 2 N–H and O–H groups in total. The van der Waals surface area contributed by atoms with Gasteiger partial charge in [0.05, 0.1) is 17.9 Å². The molecule has 0 saturated carbocycles. The predicted molar refractivity (Wildman–Crippen MR) is 128 cm³/mol. The summed E-state index contributed by atoms with van der Waals surface area (Å²) in [7, 11) is 0. The first kappa shape index (κ1) is 22.1. The van der Waals surface area contributed by atoms with E-state index < -0.39 is 5.82 Å². The van der Waals surface area contributed by atoms with Crippen molar-refractivity contribution in [3.63, 3.8) is 0 Å². The first-order chi connectivity index (χ1) is 16.5. The fourth-order valence-corrected chi connectivity index (χ4v) is 4.29. The van der Waals surface area contributed by atoms with E-state index in [1.54, 1.807) is 29.0 Å². The zero-order valence-corrected chi connectivity index (χ0v) is 19.1. The second kappa shape index (κ2) is 9.26. The highest BCUT2D eigenvalue weighted by atomic mass is 19.1. The quantitative estimate of drug-likeness (QED) is 0.461. The number of pyridine rings is 2. The van der Waals surface area contributed by atoms with Crippen LogP contribution in [0.5, 0.6) is 0 Å². The molecule has 0 amide bonds. The second-order valence-electron chi connectivity index (χ2n) is 8.80. The number of anilines is 2. The van der Waals surface area contributed by atoms with Gasteiger partial charge in [-0.25, -0.2) is 23.9 Å². The monoisotopic (exact) mass is 459 g/mol. The molecule has 4 aromatic heterocycles. The highest BCUT2D eigenvalue weighted by Gasteiger charge is 2.22. The molecule has 34 heavy (non-hydrogen) atoms. The molecule has 1 unspecified atom stereocenters. The Morgan fingerprint density at radius 3 is 2.82 bits per heavy atom. The lowest BCUT2D eigenvalue weighted by molar-refractivity contribution is -0.120. The fourth-order valence-electron chi connectivity index (χ4n) is 4.29. The molecule has 1 fully saturated rings. The van der Waals surface area contributed by atoms with Crippen LogP contribution in [0, 0.1) is 5.82 Å². The van der Waals surface area contributed by atoms with Crippen molar-refractivity contribution in [1.82, 2.24) is 29.9 Å². The summed E-state index contributed by atoms with van der Waals surface area (Å²) in [6, 6.07) is 7.36. The average Bonchev–Trinajstić information content (AvgIpc) is 3.15. The summed E-state index contributed by atoms with van der Waals surface area (Å²) < 4.78 is 16.5. The normalized spacial score (nSPS) is 16.7. The Kier molecular flexibility index (Phi) is 6.02. The van der Waals surface area contributed by atoms with Gasteiger partial charge in [0, 0.05) is 42.4 Å². The van der Waals surface area contributed by atoms with E-state index in [0.717, 1.165) is 42.4 Å². The lowest BCUT2D eigenvalue weighted by Gasteiger charge is -2.13. The van der Waals surface area contributed by atoms with Crippen LogP contribution in [-0.2, 0) is 4.79 Å². The number of hydrogen-bond acceptors (Lipinski definition) is 7. The van der Waals surface area contributed by atoms with Crippen LogP contribution < -0.4 is 10.6 Å². The van der Waals surface area contributed by atoms with Crippen molar-refractivity contribution in [3.8, 4) is 11.3 Å². The third kappa shape index (κ3) is 4.38. The Morgan fingerprint density at radius 2 is 2.03 bits per heavy atom. The number of fused-ring (bicyclic) bond motifs is 1. The maximum Gasteiger partial charge on any atom is 0.229 e. The van der Waals surface area contributed by atoms with Crippen LogP contribution in [0.25, 0.3) is 16.8 Å². The van der Waals surface area contributed by atoms with E-state index >= 15 is 0 Å². The van der Waals surface area contributed by atoms with Crippen LogP contribution >= 0.6 is 0 Å². The Balaban J connectivity index is 1.39. The number of ketones is 1. The van der Waals surface area contributed by atoms with Gasteiger partial charge in [0.25, 0.3) is 0 Å². The molecule has 0 aliphatic carbocycles. The fraction of sp³-hybridized carbons (Fsp3) is 0.320. The molecule has 8 nitrogen and oxygen atoms in total. The number of rotatable bonds is 5. The Labute approximate surface area is 196 Å². The third-order valence-electron chi connectivity index (χ3n) is 6.17. The van der Waals surface area contributed by atoms with Crippen molar-refractivity contribution < 1.29 is 9.18 Å². The summed E-state index contributed by atoms with van der Waals surface area (Å²) in [6.07, 6.45) is 7.79. The van der Waals surface area contributed by atoms with Gasteiger partial charge in [-0.1, -0.05) is 19.9 Å². The van der Waals surface area contributed by atoms with Crippen LogP contribution in [0.3, 0.4) is 0 Å². The average molecular weight is 460 g/mol. The summed E-state index contributed by atoms with van der Waals surface area (Å²) in [5, 5.41) is 10.7. The molecule has 0 spiro atoms. The minimum absolute atomic E-state index is 0.139. The zero-order valence-electron chi connectivity index (χ0n) is 19.1. The highest BCUT2D eigenvalue weighted by molar-refractivity contribution is 5.86. The number of hydrogen-bond donors (Lipinski definition) is 2. The van der Waals surface area contributed by atoms with Crippen LogP contribution in [0.4, 0.5) is 16.2 Å². The molecule has 5 rings (SSSR count). The maximum atomic E-state index is 14.7. The number of carbonyl (C=O) groups excluding carboxylic acids is 1. The lowest BCUT2D eigenvalue weighted by Crippen LogP contribution is -2.13. The summed E-state index contributed by atoms with van der Waals surface area (Å²) in [6.45, 7) is 5.72. The summed E-state index contributed by atoms with van der Waals surface area (Å²) >= 11 is 0. The van der Waals surface area contributed by atoms with E-state index in [4.69, 9.17) is 0 Å². The van der Waals surface area contributed by atoms with Gasteiger partial charge in [0.1, 0.15) is 17.3 Å². The molecule has 4 aromatic rings. The number of Topliss-reactive ketones (excluding diaryl/α,β-unsaturated/α-hetero) is 1. The molecule has 1 aliphatic rings. The second-order valence-corrected chi connectivity index (χ2v) is 8.80. The SMILES string of the molecule is CC(C)c1cnn2ccc(-c3nc(Nc4ccc(C5CCNCCC5=O)cn4)ncc3F)cc12. The number of carbonyl (C=O) groups is 1. The molecule has 9 heteroatoms. The topological polar surface area (TPSA) is 97.1 Å².